The number of halogens is 4. The van der Waals surface area contributed by atoms with Gasteiger partial charge in [0.25, 0.3) is 6.43 Å². The number of carboxylic acids is 1. The fourth-order valence-corrected chi connectivity index (χ4v) is 2.03. The Kier molecular flexibility index (Phi) is 3.98. The van der Waals surface area contributed by atoms with E-state index in [2.05, 4.69) is 20.9 Å². The predicted molar refractivity (Wildman–Crippen MR) is 53.4 cm³/mol. The summed E-state index contributed by atoms with van der Waals surface area (Å²) in [6.45, 7) is 0. The third-order valence-electron chi connectivity index (χ3n) is 1.71. The maximum absolute atomic E-state index is 12.4. The van der Waals surface area contributed by atoms with Gasteiger partial charge in [-0.25, -0.2) is 18.6 Å². The van der Waals surface area contributed by atoms with Gasteiger partial charge in [-0.15, -0.1) is 11.6 Å². The molecule has 0 fully saturated rings. The van der Waals surface area contributed by atoms with Crippen molar-refractivity contribution in [2.75, 3.05) is 0 Å². The van der Waals surface area contributed by atoms with Gasteiger partial charge in [0.1, 0.15) is 0 Å². The van der Waals surface area contributed by atoms with Crippen LogP contribution in [-0.4, -0.2) is 16.1 Å². The number of pyridine rings is 1. The zero-order chi connectivity index (χ0) is 11.6. The summed E-state index contributed by atoms with van der Waals surface area (Å²) >= 11 is 8.37. The van der Waals surface area contributed by atoms with Crippen LogP contribution in [0.25, 0.3) is 0 Å². The van der Waals surface area contributed by atoms with E-state index in [0.717, 1.165) is 6.20 Å². The minimum absolute atomic E-state index is 0.0000926. The molecule has 0 radical (unpaired) electrons. The highest BCUT2D eigenvalue weighted by molar-refractivity contribution is 9.10. The number of hydrogen-bond acceptors (Lipinski definition) is 2. The summed E-state index contributed by atoms with van der Waals surface area (Å²) in [5.74, 6) is -1.50. The van der Waals surface area contributed by atoms with E-state index in [-0.39, 0.29) is 27.2 Å². The number of carbonyl (C=O) groups is 1. The van der Waals surface area contributed by atoms with E-state index >= 15 is 0 Å². The third-order valence-corrected chi connectivity index (χ3v) is 2.91. The Labute approximate surface area is 97.2 Å². The Bertz CT molecular complexity index is 400. The van der Waals surface area contributed by atoms with Gasteiger partial charge in [0.2, 0.25) is 0 Å². The standard InChI is InChI=1S/C8H5BrClF2NO2/c9-5-3(1-10)6(8(14)15)13-2-4(5)7(11)12/h2,7H,1H2,(H,14,15). The molecular formula is C8H5BrClF2NO2. The first-order valence-electron chi connectivity index (χ1n) is 3.73. The van der Waals surface area contributed by atoms with E-state index in [4.69, 9.17) is 16.7 Å². The lowest BCUT2D eigenvalue weighted by Crippen LogP contribution is -2.07. The maximum atomic E-state index is 12.4. The molecule has 1 heterocycles. The van der Waals surface area contributed by atoms with Crippen molar-refractivity contribution in [3.63, 3.8) is 0 Å². The first-order chi connectivity index (χ1) is 6.99. The normalized spacial score (nSPS) is 10.7. The Morgan fingerprint density at radius 1 is 1.67 bits per heavy atom. The first kappa shape index (κ1) is 12.3. The monoisotopic (exact) mass is 299 g/mol. The highest BCUT2D eigenvalue weighted by atomic mass is 79.9. The summed E-state index contributed by atoms with van der Waals surface area (Å²) in [7, 11) is 0. The molecule has 0 spiro atoms. The Hall–Kier alpha value is -0.750. The molecule has 7 heteroatoms. The molecular weight excluding hydrogens is 295 g/mol. The van der Waals surface area contributed by atoms with Crippen molar-refractivity contribution >= 4 is 33.5 Å². The second-order valence-electron chi connectivity index (χ2n) is 2.59. The Morgan fingerprint density at radius 2 is 2.27 bits per heavy atom. The number of rotatable bonds is 3. The molecule has 0 aliphatic rings. The molecule has 0 aromatic carbocycles. The van der Waals surface area contributed by atoms with Gasteiger partial charge in [0, 0.05) is 16.2 Å². The quantitative estimate of drug-likeness (QED) is 0.872. The van der Waals surface area contributed by atoms with E-state index in [1.54, 1.807) is 0 Å². The van der Waals surface area contributed by atoms with E-state index < -0.39 is 12.4 Å². The van der Waals surface area contributed by atoms with Crippen molar-refractivity contribution in [3.05, 3.63) is 27.5 Å². The summed E-state index contributed by atoms with van der Waals surface area (Å²) in [6, 6.07) is 0. The number of hydrogen-bond donors (Lipinski definition) is 1. The molecule has 3 nitrogen and oxygen atoms in total. The Morgan fingerprint density at radius 3 is 2.67 bits per heavy atom. The maximum Gasteiger partial charge on any atom is 0.354 e. The fourth-order valence-electron chi connectivity index (χ4n) is 1.01. The van der Waals surface area contributed by atoms with Crippen molar-refractivity contribution in [3.8, 4) is 0 Å². The van der Waals surface area contributed by atoms with Gasteiger partial charge in [-0.2, -0.15) is 0 Å². The van der Waals surface area contributed by atoms with Crippen LogP contribution in [0, 0.1) is 0 Å². The molecule has 15 heavy (non-hydrogen) atoms. The molecule has 0 unspecified atom stereocenters. The van der Waals surface area contributed by atoms with Crippen LogP contribution in [0.15, 0.2) is 10.7 Å². The van der Waals surface area contributed by atoms with E-state index in [1.807, 2.05) is 0 Å². The van der Waals surface area contributed by atoms with Crippen LogP contribution in [0.3, 0.4) is 0 Å². The predicted octanol–water partition coefficient (Wildman–Crippen LogP) is 3.22. The van der Waals surface area contributed by atoms with Crippen LogP contribution < -0.4 is 0 Å². The van der Waals surface area contributed by atoms with Gasteiger partial charge in [0.15, 0.2) is 5.69 Å². The highest BCUT2D eigenvalue weighted by Gasteiger charge is 2.21. The molecule has 1 N–H and O–H groups in total. The molecule has 0 amide bonds. The molecule has 0 atom stereocenters. The van der Waals surface area contributed by atoms with Crippen LogP contribution in [0.1, 0.15) is 28.0 Å². The van der Waals surface area contributed by atoms with Crippen molar-refractivity contribution in [2.24, 2.45) is 0 Å². The topological polar surface area (TPSA) is 50.2 Å². The number of aromatic nitrogens is 1. The zero-order valence-electron chi connectivity index (χ0n) is 7.18. The average Bonchev–Trinajstić information content (AvgIpc) is 2.16. The highest BCUT2D eigenvalue weighted by Crippen LogP contribution is 2.31. The lowest BCUT2D eigenvalue weighted by molar-refractivity contribution is 0.0688. The third kappa shape index (κ3) is 2.43. The van der Waals surface area contributed by atoms with Gasteiger partial charge >= 0.3 is 5.97 Å². The summed E-state index contributed by atoms with van der Waals surface area (Å²) in [5.41, 5.74) is -0.626. The number of alkyl halides is 3. The molecule has 0 aliphatic carbocycles. The summed E-state index contributed by atoms with van der Waals surface area (Å²) < 4.78 is 24.8. The number of carboxylic acid groups (broad SMARTS) is 1. The van der Waals surface area contributed by atoms with Crippen LogP contribution in [-0.2, 0) is 5.88 Å². The number of nitrogens with zero attached hydrogens (tertiary/aromatic N) is 1. The van der Waals surface area contributed by atoms with Gasteiger partial charge in [0.05, 0.1) is 11.4 Å². The van der Waals surface area contributed by atoms with Crippen molar-refractivity contribution in [2.45, 2.75) is 12.3 Å². The van der Waals surface area contributed by atoms with Gasteiger partial charge in [-0.3, -0.25) is 0 Å². The molecule has 0 saturated heterocycles. The SMILES string of the molecule is O=C(O)c1ncc(C(F)F)c(Br)c1CCl. The lowest BCUT2D eigenvalue weighted by atomic mass is 10.1. The second kappa shape index (κ2) is 4.85. The van der Waals surface area contributed by atoms with Crippen LogP contribution in [0.2, 0.25) is 0 Å². The molecule has 0 saturated carbocycles. The van der Waals surface area contributed by atoms with Gasteiger partial charge in [-0.05, 0) is 15.9 Å². The molecule has 0 bridgehead atoms. The first-order valence-corrected chi connectivity index (χ1v) is 5.06. The van der Waals surface area contributed by atoms with E-state index in [1.165, 1.54) is 0 Å². The molecule has 1 aromatic heterocycles. The second-order valence-corrected chi connectivity index (χ2v) is 3.65. The molecule has 1 rings (SSSR count). The van der Waals surface area contributed by atoms with Crippen LogP contribution in [0.5, 0.6) is 0 Å². The average molecular weight is 300 g/mol. The van der Waals surface area contributed by atoms with Gasteiger partial charge in [-0.1, -0.05) is 0 Å². The smallest absolute Gasteiger partial charge is 0.354 e. The summed E-state index contributed by atoms with van der Waals surface area (Å²) in [6.07, 6.45) is -1.90. The largest absolute Gasteiger partial charge is 0.477 e. The van der Waals surface area contributed by atoms with Crippen molar-refractivity contribution in [1.29, 1.82) is 0 Å². The van der Waals surface area contributed by atoms with E-state index in [0.29, 0.717) is 0 Å². The summed E-state index contributed by atoms with van der Waals surface area (Å²) in [5, 5.41) is 8.72. The lowest BCUT2D eigenvalue weighted by Gasteiger charge is -2.09. The molecule has 82 valence electrons. The molecule has 1 aromatic rings. The van der Waals surface area contributed by atoms with Gasteiger partial charge < -0.3 is 5.11 Å². The van der Waals surface area contributed by atoms with Crippen molar-refractivity contribution in [1.82, 2.24) is 4.98 Å². The van der Waals surface area contributed by atoms with Crippen LogP contribution >= 0.6 is 27.5 Å². The fraction of sp³-hybridized carbons (Fsp3) is 0.250. The number of aromatic carboxylic acids is 1. The minimum Gasteiger partial charge on any atom is -0.477 e. The minimum atomic E-state index is -2.73. The van der Waals surface area contributed by atoms with Crippen LogP contribution in [0.4, 0.5) is 8.78 Å². The summed E-state index contributed by atoms with van der Waals surface area (Å²) in [4.78, 5) is 14.1. The van der Waals surface area contributed by atoms with E-state index in [9.17, 15) is 13.6 Å². The zero-order valence-corrected chi connectivity index (χ0v) is 9.52. The van der Waals surface area contributed by atoms with Crippen molar-refractivity contribution < 1.29 is 18.7 Å². The molecule has 0 aliphatic heterocycles. The Balaban J connectivity index is 3.39.